The van der Waals surface area contributed by atoms with E-state index >= 15 is 0 Å². The number of amides is 1. The van der Waals surface area contributed by atoms with Crippen LogP contribution in [0.15, 0.2) is 21.4 Å². The predicted octanol–water partition coefficient (Wildman–Crippen LogP) is 1.72. The Bertz CT molecular complexity index is 573. The van der Waals surface area contributed by atoms with Crippen LogP contribution in [-0.4, -0.2) is 21.2 Å². The first-order valence-corrected chi connectivity index (χ1v) is 5.45. The van der Waals surface area contributed by atoms with Gasteiger partial charge in [0.15, 0.2) is 0 Å². The van der Waals surface area contributed by atoms with Crippen LogP contribution in [0.5, 0.6) is 0 Å². The lowest BCUT2D eigenvalue weighted by atomic mass is 10.3. The molecule has 0 fully saturated rings. The summed E-state index contributed by atoms with van der Waals surface area (Å²) in [5.41, 5.74) is 5.73. The largest absolute Gasteiger partial charge is 0.379 e. The Balaban J connectivity index is 2.19. The zero-order chi connectivity index (χ0) is 12.4. The summed E-state index contributed by atoms with van der Waals surface area (Å²) < 4.78 is 4.87. The highest BCUT2D eigenvalue weighted by atomic mass is 79.9. The number of hydrogen-bond donors (Lipinski definition) is 2. The number of rotatable bonds is 2. The second kappa shape index (κ2) is 4.68. The lowest BCUT2D eigenvalue weighted by Gasteiger charge is -2.03. The second-order valence-corrected chi connectivity index (χ2v) is 4.16. The van der Waals surface area contributed by atoms with E-state index in [-0.39, 0.29) is 11.5 Å². The Morgan fingerprint density at radius 1 is 1.53 bits per heavy atom. The third kappa shape index (κ3) is 2.53. The standard InChI is InChI=1S/C8H5BrClN5O2/c9-4-1-3(2-12-6(4)10)13-8(16)5-7(11)15-17-14-5/h1-2H,(H2,11,15)(H,13,16). The number of nitrogens with one attached hydrogen (secondary N) is 1. The molecular weight excluding hydrogens is 313 g/mol. The minimum atomic E-state index is -0.542. The number of nitrogens with two attached hydrogens (primary N) is 1. The summed E-state index contributed by atoms with van der Waals surface area (Å²) in [5.74, 6) is -0.622. The number of pyridine rings is 1. The van der Waals surface area contributed by atoms with Crippen LogP contribution in [0, 0.1) is 0 Å². The van der Waals surface area contributed by atoms with Crippen LogP contribution in [0.25, 0.3) is 0 Å². The summed E-state index contributed by atoms with van der Waals surface area (Å²) in [6.45, 7) is 0. The van der Waals surface area contributed by atoms with Crippen molar-refractivity contribution < 1.29 is 9.42 Å². The molecule has 0 unspecified atom stereocenters. The number of nitrogens with zero attached hydrogens (tertiary/aromatic N) is 3. The third-order valence-corrected chi connectivity index (χ3v) is 2.92. The van der Waals surface area contributed by atoms with E-state index in [1.807, 2.05) is 0 Å². The molecule has 0 saturated heterocycles. The first-order valence-electron chi connectivity index (χ1n) is 4.28. The van der Waals surface area contributed by atoms with Crippen molar-refractivity contribution in [3.8, 4) is 0 Å². The molecule has 0 spiro atoms. The fourth-order valence-electron chi connectivity index (χ4n) is 1.03. The third-order valence-electron chi connectivity index (χ3n) is 1.78. The summed E-state index contributed by atoms with van der Waals surface area (Å²) in [5, 5.41) is 9.48. The van der Waals surface area contributed by atoms with Crippen LogP contribution in [0.1, 0.15) is 10.5 Å². The highest BCUT2D eigenvalue weighted by Crippen LogP contribution is 2.23. The maximum absolute atomic E-state index is 11.7. The molecule has 3 N–H and O–H groups in total. The predicted molar refractivity (Wildman–Crippen MR) is 63.6 cm³/mol. The molecule has 2 aromatic rings. The monoisotopic (exact) mass is 317 g/mol. The molecule has 0 aliphatic carbocycles. The number of aromatic nitrogens is 3. The van der Waals surface area contributed by atoms with E-state index < -0.39 is 5.91 Å². The topological polar surface area (TPSA) is 107 Å². The van der Waals surface area contributed by atoms with E-state index in [9.17, 15) is 4.79 Å². The van der Waals surface area contributed by atoms with Crippen LogP contribution < -0.4 is 11.1 Å². The molecule has 2 rings (SSSR count). The average molecular weight is 319 g/mol. The molecule has 88 valence electrons. The molecule has 0 atom stereocenters. The van der Waals surface area contributed by atoms with Gasteiger partial charge in [-0.05, 0) is 32.3 Å². The number of hydrogen-bond acceptors (Lipinski definition) is 6. The lowest BCUT2D eigenvalue weighted by Crippen LogP contribution is -2.14. The first-order chi connectivity index (χ1) is 8.08. The van der Waals surface area contributed by atoms with Crippen LogP contribution in [0.4, 0.5) is 11.5 Å². The zero-order valence-corrected chi connectivity index (χ0v) is 10.5. The Labute approximate surface area is 108 Å². The Kier molecular flexibility index (Phi) is 3.25. The molecule has 9 heteroatoms. The fraction of sp³-hybridized carbons (Fsp3) is 0. The molecule has 0 radical (unpaired) electrons. The Morgan fingerprint density at radius 2 is 2.29 bits per heavy atom. The van der Waals surface area contributed by atoms with Gasteiger partial charge in [-0.2, -0.15) is 0 Å². The van der Waals surface area contributed by atoms with E-state index in [1.165, 1.54) is 6.20 Å². The van der Waals surface area contributed by atoms with Gasteiger partial charge in [0.05, 0.1) is 16.4 Å². The first kappa shape index (κ1) is 11.8. The molecule has 0 aliphatic heterocycles. The number of halogens is 2. The molecular formula is C8H5BrClN5O2. The van der Waals surface area contributed by atoms with Gasteiger partial charge < -0.3 is 11.1 Å². The Hall–Kier alpha value is -1.67. The number of nitrogen functional groups attached to an aromatic ring is 1. The minimum Gasteiger partial charge on any atom is -0.379 e. The molecule has 0 aromatic carbocycles. The number of carbonyl (C=O) groups is 1. The highest BCUT2D eigenvalue weighted by Gasteiger charge is 2.16. The molecule has 17 heavy (non-hydrogen) atoms. The van der Waals surface area contributed by atoms with Gasteiger partial charge in [0.25, 0.3) is 5.91 Å². The van der Waals surface area contributed by atoms with Crippen molar-refractivity contribution >= 4 is 44.9 Å². The van der Waals surface area contributed by atoms with Gasteiger partial charge in [0, 0.05) is 0 Å². The van der Waals surface area contributed by atoms with Crippen LogP contribution in [0.3, 0.4) is 0 Å². The molecule has 2 heterocycles. The van der Waals surface area contributed by atoms with Gasteiger partial charge in [0.1, 0.15) is 5.15 Å². The molecule has 0 bridgehead atoms. The van der Waals surface area contributed by atoms with Crippen LogP contribution in [-0.2, 0) is 0 Å². The van der Waals surface area contributed by atoms with Gasteiger partial charge in [-0.25, -0.2) is 9.61 Å². The van der Waals surface area contributed by atoms with E-state index in [0.29, 0.717) is 15.3 Å². The summed E-state index contributed by atoms with van der Waals surface area (Å²) in [4.78, 5) is 15.5. The molecule has 1 amide bonds. The lowest BCUT2D eigenvalue weighted by molar-refractivity contribution is 0.101. The fourth-order valence-corrected chi connectivity index (χ4v) is 1.49. The van der Waals surface area contributed by atoms with E-state index in [4.69, 9.17) is 17.3 Å². The maximum Gasteiger partial charge on any atom is 0.281 e. The quantitative estimate of drug-likeness (QED) is 0.816. The van der Waals surface area contributed by atoms with Gasteiger partial charge in [-0.15, -0.1) is 0 Å². The maximum atomic E-state index is 11.7. The van der Waals surface area contributed by atoms with Gasteiger partial charge in [-0.1, -0.05) is 11.6 Å². The summed E-state index contributed by atoms with van der Waals surface area (Å²) in [7, 11) is 0. The SMILES string of the molecule is Nc1nonc1C(=O)Nc1cnc(Cl)c(Br)c1. The van der Waals surface area contributed by atoms with Crippen molar-refractivity contribution in [2.24, 2.45) is 0 Å². The van der Waals surface area contributed by atoms with Crippen LogP contribution in [0.2, 0.25) is 5.15 Å². The molecule has 2 aromatic heterocycles. The van der Waals surface area contributed by atoms with Gasteiger partial charge >= 0.3 is 0 Å². The molecule has 7 nitrogen and oxygen atoms in total. The summed E-state index contributed by atoms with van der Waals surface area (Å²) >= 11 is 8.90. The van der Waals surface area contributed by atoms with Gasteiger partial charge in [0.2, 0.25) is 11.5 Å². The smallest absolute Gasteiger partial charge is 0.281 e. The summed E-state index contributed by atoms with van der Waals surface area (Å²) in [6, 6.07) is 1.59. The van der Waals surface area contributed by atoms with E-state index in [0.717, 1.165) is 0 Å². The minimum absolute atomic E-state index is 0.0801. The van der Waals surface area contributed by atoms with E-state index in [2.05, 4.69) is 41.2 Å². The zero-order valence-electron chi connectivity index (χ0n) is 8.15. The van der Waals surface area contributed by atoms with Crippen molar-refractivity contribution in [2.45, 2.75) is 0 Å². The molecule has 0 saturated carbocycles. The normalized spacial score (nSPS) is 10.2. The number of carbonyl (C=O) groups excluding carboxylic acids is 1. The van der Waals surface area contributed by atoms with Crippen molar-refractivity contribution in [3.63, 3.8) is 0 Å². The summed E-state index contributed by atoms with van der Waals surface area (Å²) in [6.07, 6.45) is 1.40. The molecule has 0 aliphatic rings. The highest BCUT2D eigenvalue weighted by molar-refractivity contribution is 9.10. The van der Waals surface area contributed by atoms with E-state index in [1.54, 1.807) is 6.07 Å². The van der Waals surface area contributed by atoms with Crippen molar-refractivity contribution in [3.05, 3.63) is 27.6 Å². The Morgan fingerprint density at radius 3 is 2.88 bits per heavy atom. The van der Waals surface area contributed by atoms with Crippen molar-refractivity contribution in [2.75, 3.05) is 11.1 Å². The van der Waals surface area contributed by atoms with Gasteiger partial charge in [-0.3, -0.25) is 4.79 Å². The number of anilines is 2. The average Bonchev–Trinajstić information content (AvgIpc) is 2.70. The van der Waals surface area contributed by atoms with Crippen LogP contribution >= 0.6 is 27.5 Å². The van der Waals surface area contributed by atoms with Crippen molar-refractivity contribution in [1.29, 1.82) is 0 Å². The van der Waals surface area contributed by atoms with Crippen molar-refractivity contribution in [1.82, 2.24) is 15.3 Å². The second-order valence-electron chi connectivity index (χ2n) is 2.95.